The Morgan fingerprint density at radius 1 is 1.53 bits per heavy atom. The van der Waals surface area contributed by atoms with E-state index in [0.29, 0.717) is 11.3 Å². The summed E-state index contributed by atoms with van der Waals surface area (Å²) in [5.74, 6) is 1.66. The minimum absolute atomic E-state index is 0.290. The molecule has 3 nitrogen and oxygen atoms in total. The van der Waals surface area contributed by atoms with Crippen LogP contribution in [0.25, 0.3) is 0 Å². The minimum Gasteiger partial charge on any atom is -0.366 e. The Morgan fingerprint density at radius 2 is 2.35 bits per heavy atom. The van der Waals surface area contributed by atoms with Crippen molar-refractivity contribution in [3.05, 3.63) is 16.0 Å². The van der Waals surface area contributed by atoms with Crippen LogP contribution in [0.15, 0.2) is 10.7 Å². The van der Waals surface area contributed by atoms with Gasteiger partial charge >= 0.3 is 0 Å². The summed E-state index contributed by atoms with van der Waals surface area (Å²) in [4.78, 5) is 8.15. The van der Waals surface area contributed by atoms with Crippen LogP contribution in [-0.4, -0.2) is 16.0 Å². The van der Waals surface area contributed by atoms with E-state index in [-0.39, 0.29) is 0 Å². The van der Waals surface area contributed by atoms with Gasteiger partial charge in [0.1, 0.15) is 5.82 Å². The largest absolute Gasteiger partial charge is 0.366 e. The normalized spacial score (nSPS) is 24.6. The van der Waals surface area contributed by atoms with E-state index in [4.69, 9.17) is 11.6 Å². The van der Waals surface area contributed by atoms with E-state index in [2.05, 4.69) is 38.1 Å². The Labute approximate surface area is 116 Å². The monoisotopic (exact) mass is 317 g/mol. The van der Waals surface area contributed by atoms with Crippen LogP contribution in [0.3, 0.4) is 0 Å². The first-order valence-electron chi connectivity index (χ1n) is 6.13. The lowest BCUT2D eigenvalue weighted by atomic mass is 9.84. The molecule has 1 heterocycles. The van der Waals surface area contributed by atoms with Gasteiger partial charge in [-0.05, 0) is 46.3 Å². The maximum absolute atomic E-state index is 5.81. The van der Waals surface area contributed by atoms with E-state index in [0.717, 1.165) is 16.2 Å². The topological polar surface area (TPSA) is 37.8 Å². The van der Waals surface area contributed by atoms with Crippen LogP contribution >= 0.6 is 27.5 Å². The minimum atomic E-state index is 0.290. The van der Waals surface area contributed by atoms with Crippen molar-refractivity contribution in [3.8, 4) is 0 Å². The number of hydrogen-bond acceptors (Lipinski definition) is 3. The maximum atomic E-state index is 5.81. The SMILES string of the molecule is CCC1CCCC(Nc2nc(Cl)ncc2Br)C1. The summed E-state index contributed by atoms with van der Waals surface area (Å²) in [6, 6.07) is 0.510. The van der Waals surface area contributed by atoms with Gasteiger partial charge in [-0.3, -0.25) is 0 Å². The number of rotatable bonds is 3. The molecule has 1 aliphatic rings. The molecular formula is C12H17BrClN3. The van der Waals surface area contributed by atoms with Crippen molar-refractivity contribution in [3.63, 3.8) is 0 Å². The van der Waals surface area contributed by atoms with Gasteiger partial charge in [0.2, 0.25) is 5.28 Å². The molecule has 0 aromatic carbocycles. The Balaban J connectivity index is 2.02. The highest BCUT2D eigenvalue weighted by Gasteiger charge is 2.21. The lowest BCUT2D eigenvalue weighted by Gasteiger charge is -2.29. The van der Waals surface area contributed by atoms with Crippen LogP contribution in [0, 0.1) is 5.92 Å². The third-order valence-corrected chi connectivity index (χ3v) is 4.18. The van der Waals surface area contributed by atoms with Gasteiger partial charge in [-0.15, -0.1) is 0 Å². The zero-order valence-electron chi connectivity index (χ0n) is 9.92. The highest BCUT2D eigenvalue weighted by atomic mass is 79.9. The first kappa shape index (κ1) is 13.1. The highest BCUT2D eigenvalue weighted by Crippen LogP contribution is 2.30. The third-order valence-electron chi connectivity index (χ3n) is 3.42. The van der Waals surface area contributed by atoms with Crippen molar-refractivity contribution < 1.29 is 0 Å². The standard InChI is InChI=1S/C12H17BrClN3/c1-2-8-4-3-5-9(6-8)16-11-10(13)7-15-12(14)17-11/h7-9H,2-6H2,1H3,(H,15,16,17). The molecule has 0 spiro atoms. The average Bonchev–Trinajstić information content (AvgIpc) is 2.34. The van der Waals surface area contributed by atoms with Gasteiger partial charge in [-0.2, -0.15) is 4.98 Å². The summed E-state index contributed by atoms with van der Waals surface area (Å²) in [6.45, 7) is 2.27. The van der Waals surface area contributed by atoms with Crippen LogP contribution in [0.4, 0.5) is 5.82 Å². The molecule has 0 aliphatic heterocycles. The molecule has 1 aromatic rings. The summed E-state index contributed by atoms with van der Waals surface area (Å²) in [5.41, 5.74) is 0. The van der Waals surface area contributed by atoms with Crippen molar-refractivity contribution in [1.82, 2.24) is 9.97 Å². The van der Waals surface area contributed by atoms with Crippen molar-refractivity contribution >= 4 is 33.3 Å². The molecule has 17 heavy (non-hydrogen) atoms. The van der Waals surface area contributed by atoms with Gasteiger partial charge in [0, 0.05) is 12.2 Å². The van der Waals surface area contributed by atoms with E-state index in [9.17, 15) is 0 Å². The van der Waals surface area contributed by atoms with E-state index in [1.807, 2.05) is 0 Å². The Kier molecular flexibility index (Phi) is 4.62. The summed E-state index contributed by atoms with van der Waals surface area (Å²) >= 11 is 9.25. The smallest absolute Gasteiger partial charge is 0.224 e. The molecule has 2 atom stereocenters. The van der Waals surface area contributed by atoms with Crippen LogP contribution < -0.4 is 5.32 Å². The zero-order valence-corrected chi connectivity index (χ0v) is 12.3. The first-order chi connectivity index (χ1) is 8.19. The van der Waals surface area contributed by atoms with E-state index in [1.165, 1.54) is 32.1 Å². The average molecular weight is 319 g/mol. The lowest BCUT2D eigenvalue weighted by Crippen LogP contribution is -2.27. The molecule has 2 unspecified atom stereocenters. The summed E-state index contributed by atoms with van der Waals surface area (Å²) in [5, 5.41) is 3.76. The van der Waals surface area contributed by atoms with Crippen LogP contribution in [0.5, 0.6) is 0 Å². The summed E-state index contributed by atoms with van der Waals surface area (Å²) in [6.07, 6.45) is 8.06. The van der Waals surface area contributed by atoms with Gasteiger partial charge in [-0.25, -0.2) is 4.98 Å². The molecule has 5 heteroatoms. The maximum Gasteiger partial charge on any atom is 0.224 e. The fourth-order valence-electron chi connectivity index (χ4n) is 2.43. The van der Waals surface area contributed by atoms with Crippen LogP contribution in [0.2, 0.25) is 5.28 Å². The summed E-state index contributed by atoms with van der Waals surface area (Å²) < 4.78 is 0.875. The van der Waals surface area contributed by atoms with E-state index >= 15 is 0 Å². The van der Waals surface area contributed by atoms with E-state index < -0.39 is 0 Å². The number of anilines is 1. The molecule has 94 valence electrons. The highest BCUT2D eigenvalue weighted by molar-refractivity contribution is 9.10. The second kappa shape index (κ2) is 6.01. The Bertz CT molecular complexity index is 386. The molecule has 0 amide bonds. The second-order valence-corrected chi connectivity index (χ2v) is 5.81. The van der Waals surface area contributed by atoms with Crippen molar-refractivity contribution in [2.24, 2.45) is 5.92 Å². The van der Waals surface area contributed by atoms with Gasteiger partial charge < -0.3 is 5.32 Å². The number of halogens is 2. The van der Waals surface area contributed by atoms with E-state index in [1.54, 1.807) is 6.20 Å². The molecule has 0 saturated heterocycles. The van der Waals surface area contributed by atoms with Crippen LogP contribution in [-0.2, 0) is 0 Å². The molecular weight excluding hydrogens is 302 g/mol. The molecule has 1 fully saturated rings. The molecule has 1 saturated carbocycles. The molecule has 1 aromatic heterocycles. The zero-order chi connectivity index (χ0) is 12.3. The Hall–Kier alpha value is -0.350. The van der Waals surface area contributed by atoms with Gasteiger partial charge in [0.25, 0.3) is 0 Å². The van der Waals surface area contributed by atoms with Crippen LogP contribution in [0.1, 0.15) is 39.0 Å². The third kappa shape index (κ3) is 3.55. The quantitative estimate of drug-likeness (QED) is 0.846. The number of aromatic nitrogens is 2. The fourth-order valence-corrected chi connectivity index (χ4v) is 2.87. The van der Waals surface area contributed by atoms with Gasteiger partial charge in [0.05, 0.1) is 4.47 Å². The van der Waals surface area contributed by atoms with Crippen molar-refractivity contribution in [2.75, 3.05) is 5.32 Å². The fraction of sp³-hybridized carbons (Fsp3) is 0.667. The summed E-state index contributed by atoms with van der Waals surface area (Å²) in [7, 11) is 0. The molecule has 0 radical (unpaired) electrons. The molecule has 2 rings (SSSR count). The molecule has 1 N–H and O–H groups in total. The lowest BCUT2D eigenvalue weighted by molar-refractivity contribution is 0.327. The molecule has 0 bridgehead atoms. The second-order valence-electron chi connectivity index (χ2n) is 4.62. The Morgan fingerprint density at radius 3 is 3.12 bits per heavy atom. The number of hydrogen-bond donors (Lipinski definition) is 1. The van der Waals surface area contributed by atoms with Crippen molar-refractivity contribution in [2.45, 2.75) is 45.1 Å². The molecule has 1 aliphatic carbocycles. The van der Waals surface area contributed by atoms with Crippen molar-refractivity contribution in [1.29, 1.82) is 0 Å². The van der Waals surface area contributed by atoms with Gasteiger partial charge in [0.15, 0.2) is 0 Å². The van der Waals surface area contributed by atoms with Gasteiger partial charge in [-0.1, -0.05) is 26.2 Å². The first-order valence-corrected chi connectivity index (χ1v) is 7.30. The predicted molar refractivity (Wildman–Crippen MR) is 74.4 cm³/mol. The number of nitrogens with zero attached hydrogens (tertiary/aromatic N) is 2. The number of nitrogens with one attached hydrogen (secondary N) is 1. The predicted octanol–water partition coefficient (Wildman–Crippen LogP) is 4.27.